The van der Waals surface area contributed by atoms with Crippen molar-refractivity contribution in [3.63, 3.8) is 0 Å². The Morgan fingerprint density at radius 1 is 1.15 bits per heavy atom. The van der Waals surface area contributed by atoms with Gasteiger partial charge in [0, 0.05) is 5.69 Å². The van der Waals surface area contributed by atoms with Crippen LogP contribution in [0.2, 0.25) is 0 Å². The summed E-state index contributed by atoms with van der Waals surface area (Å²) in [7, 11) is 0. The maximum absolute atomic E-state index is 12.1. The third-order valence-corrected chi connectivity index (χ3v) is 3.32. The second-order valence-electron chi connectivity index (χ2n) is 5.58. The maximum Gasteiger partial charge on any atom is 0.332 e. The van der Waals surface area contributed by atoms with Gasteiger partial charge < -0.3 is 20.5 Å². The number of primary amides is 1. The third-order valence-electron chi connectivity index (χ3n) is 3.32. The van der Waals surface area contributed by atoms with Crippen LogP contribution in [0.4, 0.5) is 10.5 Å². The van der Waals surface area contributed by atoms with E-state index in [1.807, 2.05) is 38.1 Å². The molecule has 0 aliphatic carbocycles. The molecule has 4 N–H and O–H groups in total. The average Bonchev–Trinajstić information content (AvgIpc) is 2.61. The van der Waals surface area contributed by atoms with Crippen molar-refractivity contribution in [2.75, 3.05) is 18.5 Å². The number of benzene rings is 2. The summed E-state index contributed by atoms with van der Waals surface area (Å²) in [6.45, 7) is 4.05. The Kier molecular flexibility index (Phi) is 7.18. The Morgan fingerprint density at radius 3 is 2.67 bits per heavy atom. The zero-order valence-electron chi connectivity index (χ0n) is 15.2. The Hall–Kier alpha value is -3.55. The molecule has 0 radical (unpaired) electrons. The first-order valence-electron chi connectivity index (χ1n) is 8.32. The number of hydrogen-bond donors (Lipinski definition) is 3. The second-order valence-corrected chi connectivity index (χ2v) is 5.58. The lowest BCUT2D eigenvalue weighted by Crippen LogP contribution is -2.24. The van der Waals surface area contributed by atoms with Crippen LogP contribution in [-0.4, -0.2) is 31.4 Å². The van der Waals surface area contributed by atoms with E-state index in [1.54, 1.807) is 18.2 Å². The van der Waals surface area contributed by atoms with Gasteiger partial charge >= 0.3 is 6.03 Å². The van der Waals surface area contributed by atoms with Crippen LogP contribution in [0.3, 0.4) is 0 Å². The molecule has 0 atom stereocenters. The smallest absolute Gasteiger partial charge is 0.332 e. The van der Waals surface area contributed by atoms with Crippen LogP contribution in [0.25, 0.3) is 0 Å². The lowest BCUT2D eigenvalue weighted by atomic mass is 10.2. The van der Waals surface area contributed by atoms with Crippen molar-refractivity contribution in [2.24, 2.45) is 10.8 Å². The van der Waals surface area contributed by atoms with E-state index >= 15 is 0 Å². The van der Waals surface area contributed by atoms with Gasteiger partial charge in [-0.05, 0) is 55.3 Å². The molecule has 0 aliphatic rings. The summed E-state index contributed by atoms with van der Waals surface area (Å²) in [4.78, 5) is 22.7. The summed E-state index contributed by atoms with van der Waals surface area (Å²) >= 11 is 0. The number of hydrogen-bond acceptors (Lipinski definition) is 5. The first kappa shape index (κ1) is 19.8. The standard InChI is InChI=1S/C19H22N4O4/c1-3-26-17-10-14(11-21-23-19(20)25)7-8-16(17)27-12-18(24)22-15-6-4-5-13(2)9-15/h4-11H,3,12H2,1-2H3,(H,22,24)(H3,20,23,25). The number of nitrogens with one attached hydrogen (secondary N) is 2. The third kappa shape index (κ3) is 6.69. The van der Waals surface area contributed by atoms with Crippen LogP contribution >= 0.6 is 0 Å². The SMILES string of the molecule is CCOc1cc(C=NNC(N)=O)ccc1OCC(=O)Nc1cccc(C)c1. The van der Waals surface area contributed by atoms with Gasteiger partial charge in [0.1, 0.15) is 0 Å². The van der Waals surface area contributed by atoms with Crippen LogP contribution in [-0.2, 0) is 4.79 Å². The molecule has 0 spiro atoms. The van der Waals surface area contributed by atoms with Crippen LogP contribution in [0.5, 0.6) is 11.5 Å². The molecule has 0 heterocycles. The Balaban J connectivity index is 2.00. The Bertz CT molecular complexity index is 836. The molecule has 8 nitrogen and oxygen atoms in total. The molecule has 2 rings (SSSR count). The fraction of sp³-hybridized carbons (Fsp3) is 0.211. The highest BCUT2D eigenvalue weighted by molar-refractivity contribution is 5.92. The molecule has 0 saturated heterocycles. The molecule has 8 heteroatoms. The molecule has 27 heavy (non-hydrogen) atoms. The number of nitrogens with zero attached hydrogens (tertiary/aromatic N) is 1. The molecule has 0 fully saturated rings. The summed E-state index contributed by atoms with van der Waals surface area (Å²) in [5.74, 6) is 0.611. The largest absolute Gasteiger partial charge is 0.490 e. The molecule has 0 unspecified atom stereocenters. The molecule has 0 aliphatic heterocycles. The van der Waals surface area contributed by atoms with Crippen molar-refractivity contribution in [2.45, 2.75) is 13.8 Å². The van der Waals surface area contributed by atoms with E-state index in [0.29, 0.717) is 29.4 Å². The number of carbonyl (C=O) groups excluding carboxylic acids is 2. The highest BCUT2D eigenvalue weighted by Crippen LogP contribution is 2.28. The Labute approximate surface area is 157 Å². The number of nitrogens with two attached hydrogens (primary N) is 1. The number of carbonyl (C=O) groups is 2. The molecular weight excluding hydrogens is 348 g/mol. The summed E-state index contributed by atoms with van der Waals surface area (Å²) in [5.41, 5.74) is 9.49. The summed E-state index contributed by atoms with van der Waals surface area (Å²) in [6.07, 6.45) is 1.42. The van der Waals surface area contributed by atoms with Crippen molar-refractivity contribution in [3.05, 3.63) is 53.6 Å². The van der Waals surface area contributed by atoms with Crippen molar-refractivity contribution in [1.29, 1.82) is 0 Å². The van der Waals surface area contributed by atoms with Crippen LogP contribution in [0, 0.1) is 6.92 Å². The number of ether oxygens (including phenoxy) is 2. The zero-order chi connectivity index (χ0) is 19.6. The monoisotopic (exact) mass is 370 g/mol. The van der Waals surface area contributed by atoms with Gasteiger partial charge in [-0.25, -0.2) is 10.2 Å². The molecule has 0 bridgehead atoms. The van der Waals surface area contributed by atoms with Crippen LogP contribution < -0.4 is 25.9 Å². The van der Waals surface area contributed by atoms with E-state index < -0.39 is 6.03 Å². The van der Waals surface area contributed by atoms with E-state index in [2.05, 4.69) is 15.8 Å². The molecule has 2 aromatic rings. The molecule has 0 saturated carbocycles. The van der Waals surface area contributed by atoms with Gasteiger partial charge in [0.05, 0.1) is 12.8 Å². The summed E-state index contributed by atoms with van der Waals surface area (Å²) in [6, 6.07) is 11.8. The summed E-state index contributed by atoms with van der Waals surface area (Å²) < 4.78 is 11.1. The Morgan fingerprint density at radius 2 is 1.96 bits per heavy atom. The molecular formula is C19H22N4O4. The summed E-state index contributed by atoms with van der Waals surface area (Å²) in [5, 5.41) is 6.47. The predicted molar refractivity (Wildman–Crippen MR) is 103 cm³/mol. The molecule has 3 amide bonds. The lowest BCUT2D eigenvalue weighted by Gasteiger charge is -2.12. The molecule has 142 valence electrons. The molecule has 0 aromatic heterocycles. The minimum Gasteiger partial charge on any atom is -0.490 e. The topological polar surface area (TPSA) is 115 Å². The number of urea groups is 1. The van der Waals surface area contributed by atoms with Gasteiger partial charge in [-0.2, -0.15) is 5.10 Å². The number of aryl methyl sites for hydroxylation is 1. The highest BCUT2D eigenvalue weighted by atomic mass is 16.5. The van der Waals surface area contributed by atoms with Crippen LogP contribution in [0.1, 0.15) is 18.1 Å². The number of anilines is 1. The fourth-order valence-electron chi connectivity index (χ4n) is 2.23. The van der Waals surface area contributed by atoms with E-state index in [0.717, 1.165) is 5.56 Å². The van der Waals surface area contributed by atoms with Crippen molar-refractivity contribution in [1.82, 2.24) is 5.43 Å². The van der Waals surface area contributed by atoms with Crippen molar-refractivity contribution >= 4 is 23.8 Å². The van der Waals surface area contributed by atoms with E-state index in [9.17, 15) is 9.59 Å². The zero-order valence-corrected chi connectivity index (χ0v) is 15.2. The van der Waals surface area contributed by atoms with E-state index in [4.69, 9.17) is 15.2 Å². The van der Waals surface area contributed by atoms with Crippen molar-refractivity contribution in [3.8, 4) is 11.5 Å². The number of amides is 3. The van der Waals surface area contributed by atoms with Gasteiger partial charge in [-0.3, -0.25) is 4.79 Å². The lowest BCUT2D eigenvalue weighted by molar-refractivity contribution is -0.118. The minimum absolute atomic E-state index is 0.162. The first-order chi connectivity index (χ1) is 13.0. The van der Waals surface area contributed by atoms with Gasteiger partial charge in [-0.1, -0.05) is 12.1 Å². The van der Waals surface area contributed by atoms with Gasteiger partial charge in [0.2, 0.25) is 0 Å². The first-order valence-corrected chi connectivity index (χ1v) is 8.32. The van der Waals surface area contributed by atoms with E-state index in [-0.39, 0.29) is 12.5 Å². The van der Waals surface area contributed by atoms with Gasteiger partial charge in [0.25, 0.3) is 5.91 Å². The average molecular weight is 370 g/mol. The normalized spacial score (nSPS) is 10.4. The highest BCUT2D eigenvalue weighted by Gasteiger charge is 2.09. The van der Waals surface area contributed by atoms with Gasteiger partial charge in [-0.15, -0.1) is 0 Å². The predicted octanol–water partition coefficient (Wildman–Crippen LogP) is 2.41. The fourth-order valence-corrected chi connectivity index (χ4v) is 2.23. The second kappa shape index (κ2) is 9.81. The minimum atomic E-state index is -0.754. The molecule has 2 aromatic carbocycles. The van der Waals surface area contributed by atoms with E-state index in [1.165, 1.54) is 6.21 Å². The van der Waals surface area contributed by atoms with Crippen molar-refractivity contribution < 1.29 is 19.1 Å². The quantitative estimate of drug-likeness (QED) is 0.489. The van der Waals surface area contributed by atoms with Gasteiger partial charge in [0.15, 0.2) is 18.1 Å². The van der Waals surface area contributed by atoms with Crippen LogP contribution in [0.15, 0.2) is 47.6 Å². The number of hydrazone groups is 1. The number of rotatable bonds is 8. The maximum atomic E-state index is 12.1.